The van der Waals surface area contributed by atoms with Crippen LogP contribution in [0.5, 0.6) is 0 Å². The third-order valence-electron chi connectivity index (χ3n) is 1.28. The molecule has 0 aliphatic carbocycles. The van der Waals surface area contributed by atoms with E-state index < -0.39 is 6.16 Å². The lowest BCUT2D eigenvalue weighted by molar-refractivity contribution is -0.278. The largest absolute Gasteiger partial charge is 0.540 e. The third-order valence-corrected chi connectivity index (χ3v) is 1.28. The van der Waals surface area contributed by atoms with Crippen molar-refractivity contribution >= 4 is 6.16 Å². The molecule has 4 heteroatoms. The first kappa shape index (κ1) is 12.2. The van der Waals surface area contributed by atoms with Gasteiger partial charge < -0.3 is 4.74 Å². The van der Waals surface area contributed by atoms with Crippen LogP contribution in [-0.2, 0) is 14.5 Å². The molecule has 0 aliphatic heterocycles. The molecule has 0 fully saturated rings. The molecule has 78 valence electrons. The zero-order chi connectivity index (χ0) is 10.1. The average Bonchev–Trinajstić information content (AvgIpc) is 2.09. The quantitative estimate of drug-likeness (QED) is 0.279. The molecular weight excluding hydrogens is 172 g/mol. The van der Waals surface area contributed by atoms with Crippen molar-refractivity contribution in [2.24, 2.45) is 0 Å². The number of hydrogen-bond donors (Lipinski definition) is 0. The van der Waals surface area contributed by atoms with Crippen molar-refractivity contribution in [3.05, 3.63) is 0 Å². The lowest BCUT2D eigenvalue weighted by atomic mass is 10.3. The topological polar surface area (TPSA) is 44.8 Å². The van der Waals surface area contributed by atoms with Crippen molar-refractivity contribution in [1.82, 2.24) is 0 Å². The Morgan fingerprint density at radius 3 is 2.54 bits per heavy atom. The second-order valence-electron chi connectivity index (χ2n) is 3.03. The Labute approximate surface area is 79.1 Å². The first-order chi connectivity index (χ1) is 6.16. The summed E-state index contributed by atoms with van der Waals surface area (Å²) in [5.74, 6) is 0. The van der Waals surface area contributed by atoms with Gasteiger partial charge in [-0.1, -0.05) is 19.8 Å². The minimum Gasteiger partial charge on any atom is -0.432 e. The highest BCUT2D eigenvalue weighted by Crippen LogP contribution is 1.97. The van der Waals surface area contributed by atoms with Crippen LogP contribution in [0.25, 0.3) is 0 Å². The fourth-order valence-corrected chi connectivity index (χ4v) is 0.667. The van der Waals surface area contributed by atoms with Crippen LogP contribution in [0.3, 0.4) is 0 Å². The molecule has 0 aromatic rings. The van der Waals surface area contributed by atoms with E-state index in [1.807, 2.05) is 0 Å². The highest BCUT2D eigenvalue weighted by Gasteiger charge is 2.05. The van der Waals surface area contributed by atoms with Gasteiger partial charge in [0.1, 0.15) is 0 Å². The predicted molar refractivity (Wildman–Crippen MR) is 48.2 cm³/mol. The number of carbonyl (C=O) groups is 1. The molecule has 4 nitrogen and oxygen atoms in total. The van der Waals surface area contributed by atoms with Gasteiger partial charge in [-0.2, -0.15) is 4.89 Å². The zero-order valence-corrected chi connectivity index (χ0v) is 8.54. The lowest BCUT2D eigenvalue weighted by Gasteiger charge is -2.06. The van der Waals surface area contributed by atoms with Crippen LogP contribution in [0.15, 0.2) is 0 Å². The van der Waals surface area contributed by atoms with Gasteiger partial charge in [0.15, 0.2) is 0 Å². The molecule has 0 unspecified atom stereocenters. The Kier molecular flexibility index (Phi) is 7.39. The molecule has 0 atom stereocenters. The van der Waals surface area contributed by atoms with Crippen LogP contribution in [0.4, 0.5) is 4.79 Å². The smallest absolute Gasteiger partial charge is 0.432 e. The maximum atomic E-state index is 10.7. The monoisotopic (exact) mass is 190 g/mol. The van der Waals surface area contributed by atoms with E-state index in [9.17, 15) is 4.79 Å². The van der Waals surface area contributed by atoms with Crippen molar-refractivity contribution in [3.63, 3.8) is 0 Å². The van der Waals surface area contributed by atoms with Gasteiger partial charge in [0.2, 0.25) is 0 Å². The Bertz CT molecular complexity index is 134. The van der Waals surface area contributed by atoms with E-state index in [1.54, 1.807) is 13.8 Å². The Hall–Kier alpha value is -0.770. The van der Waals surface area contributed by atoms with E-state index in [-0.39, 0.29) is 6.10 Å². The molecular formula is C9H18O4. The van der Waals surface area contributed by atoms with Crippen LogP contribution in [0, 0.1) is 0 Å². The summed E-state index contributed by atoms with van der Waals surface area (Å²) in [4.78, 5) is 19.6. The van der Waals surface area contributed by atoms with Gasteiger partial charge in [-0.25, -0.2) is 4.79 Å². The van der Waals surface area contributed by atoms with E-state index in [4.69, 9.17) is 4.74 Å². The third kappa shape index (κ3) is 9.14. The van der Waals surface area contributed by atoms with Gasteiger partial charge in [0.05, 0.1) is 12.7 Å². The summed E-state index contributed by atoms with van der Waals surface area (Å²) in [6.45, 7) is 6.02. The summed E-state index contributed by atoms with van der Waals surface area (Å²) in [5, 5.41) is 0. The number of unbranched alkanes of at least 4 members (excludes halogenated alkanes) is 2. The molecule has 0 N–H and O–H groups in total. The normalized spacial score (nSPS) is 10.2. The Morgan fingerprint density at radius 1 is 1.31 bits per heavy atom. The summed E-state index contributed by atoms with van der Waals surface area (Å²) < 4.78 is 4.71. The van der Waals surface area contributed by atoms with Crippen molar-refractivity contribution in [3.8, 4) is 0 Å². The second kappa shape index (κ2) is 7.86. The number of rotatable bonds is 6. The van der Waals surface area contributed by atoms with Crippen LogP contribution < -0.4 is 0 Å². The molecule has 0 aliphatic rings. The fraction of sp³-hybridized carbons (Fsp3) is 0.889. The Balaban J connectivity index is 3.20. The summed E-state index contributed by atoms with van der Waals surface area (Å²) >= 11 is 0. The van der Waals surface area contributed by atoms with E-state index in [1.165, 1.54) is 0 Å². The highest BCUT2D eigenvalue weighted by atomic mass is 17.2. The molecule has 0 bridgehead atoms. The number of hydrogen-bond acceptors (Lipinski definition) is 4. The van der Waals surface area contributed by atoms with Crippen LogP contribution in [-0.4, -0.2) is 18.9 Å². The van der Waals surface area contributed by atoms with E-state index in [2.05, 4.69) is 16.7 Å². The summed E-state index contributed by atoms with van der Waals surface area (Å²) in [6, 6.07) is 0. The zero-order valence-electron chi connectivity index (χ0n) is 8.54. The molecule has 0 aromatic carbocycles. The molecule has 0 saturated heterocycles. The van der Waals surface area contributed by atoms with Gasteiger partial charge in [-0.15, -0.1) is 0 Å². The van der Waals surface area contributed by atoms with Crippen molar-refractivity contribution < 1.29 is 19.3 Å². The molecule has 0 rings (SSSR count). The maximum Gasteiger partial charge on any atom is 0.540 e. The highest BCUT2D eigenvalue weighted by molar-refractivity contribution is 5.58. The molecule has 0 saturated carbocycles. The number of ether oxygens (including phenoxy) is 1. The lowest BCUT2D eigenvalue weighted by Crippen LogP contribution is -2.12. The minimum absolute atomic E-state index is 0.136. The molecule has 0 radical (unpaired) electrons. The predicted octanol–water partition coefficient (Wildman–Crippen LogP) is 2.67. The van der Waals surface area contributed by atoms with E-state index in [0.717, 1.165) is 19.3 Å². The summed E-state index contributed by atoms with van der Waals surface area (Å²) in [6.07, 6.45) is 2.12. The fourth-order valence-electron chi connectivity index (χ4n) is 0.667. The van der Waals surface area contributed by atoms with E-state index >= 15 is 0 Å². The van der Waals surface area contributed by atoms with Crippen LogP contribution in [0.2, 0.25) is 0 Å². The van der Waals surface area contributed by atoms with Gasteiger partial charge in [-0.05, 0) is 20.3 Å². The van der Waals surface area contributed by atoms with Crippen molar-refractivity contribution in [1.29, 1.82) is 0 Å². The van der Waals surface area contributed by atoms with Gasteiger partial charge in [0.25, 0.3) is 0 Å². The molecule has 0 heterocycles. The first-order valence-electron chi connectivity index (χ1n) is 4.67. The number of carbonyl (C=O) groups excluding carboxylic acids is 1. The summed E-state index contributed by atoms with van der Waals surface area (Å²) in [5.41, 5.74) is 0. The van der Waals surface area contributed by atoms with Crippen molar-refractivity contribution in [2.45, 2.75) is 46.1 Å². The average molecular weight is 190 g/mol. The SMILES string of the molecule is CCCCCOC(=O)OOC(C)C. The molecule has 13 heavy (non-hydrogen) atoms. The van der Waals surface area contributed by atoms with Gasteiger partial charge in [-0.3, -0.25) is 4.89 Å². The van der Waals surface area contributed by atoms with Crippen molar-refractivity contribution in [2.75, 3.05) is 6.61 Å². The van der Waals surface area contributed by atoms with Crippen LogP contribution in [0.1, 0.15) is 40.0 Å². The molecule has 0 aromatic heterocycles. The first-order valence-corrected chi connectivity index (χ1v) is 4.67. The summed E-state index contributed by atoms with van der Waals surface area (Å²) in [7, 11) is 0. The van der Waals surface area contributed by atoms with E-state index in [0.29, 0.717) is 6.61 Å². The van der Waals surface area contributed by atoms with Crippen LogP contribution >= 0.6 is 0 Å². The molecule has 0 spiro atoms. The van der Waals surface area contributed by atoms with Gasteiger partial charge >= 0.3 is 6.16 Å². The van der Waals surface area contributed by atoms with Gasteiger partial charge in [0, 0.05) is 0 Å². The standard InChI is InChI=1S/C9H18O4/c1-4-5-6-7-11-9(10)13-12-8(2)3/h8H,4-7H2,1-3H3. The maximum absolute atomic E-state index is 10.7. The second-order valence-corrected chi connectivity index (χ2v) is 3.03. The molecule has 0 amide bonds. The minimum atomic E-state index is -0.759. The Morgan fingerprint density at radius 2 is 2.00 bits per heavy atom.